The van der Waals surface area contributed by atoms with Gasteiger partial charge in [0, 0.05) is 20.1 Å². The van der Waals surface area contributed by atoms with Gasteiger partial charge in [0.05, 0.1) is 35.6 Å². The smallest absolute Gasteiger partial charge is 0.245 e. The molecule has 2 saturated heterocycles. The molecule has 3 atom stereocenters. The van der Waals surface area contributed by atoms with Gasteiger partial charge in [-0.1, -0.05) is 81.5 Å². The number of nitrogens with one attached hydrogen (secondary N) is 3. The van der Waals surface area contributed by atoms with E-state index in [1.165, 1.54) is 30.3 Å². The second kappa shape index (κ2) is 12.6. The molecule has 3 N–H and O–H groups in total. The van der Waals surface area contributed by atoms with Crippen molar-refractivity contribution in [2.45, 2.75) is 70.2 Å². The number of hydrogen-bond donors (Lipinski definition) is 3. The maximum atomic E-state index is 13.8. The molecule has 231 valence electrons. The van der Waals surface area contributed by atoms with Gasteiger partial charge in [-0.3, -0.25) is 4.79 Å². The van der Waals surface area contributed by atoms with Gasteiger partial charge in [-0.15, -0.1) is 0 Å². The highest BCUT2D eigenvalue weighted by Crippen LogP contribution is 2.34. The van der Waals surface area contributed by atoms with Gasteiger partial charge in [0.15, 0.2) is 0 Å². The molecule has 3 aliphatic heterocycles. The Labute approximate surface area is 267 Å². The summed E-state index contributed by atoms with van der Waals surface area (Å²) in [6, 6.07) is 17.0. The Morgan fingerprint density at radius 2 is 1.49 bits per heavy atom. The lowest BCUT2D eigenvalue weighted by molar-refractivity contribution is -0.135. The van der Waals surface area contributed by atoms with Crippen molar-refractivity contribution in [3.8, 4) is 33.6 Å². The van der Waals surface area contributed by atoms with Crippen molar-refractivity contribution in [1.82, 2.24) is 35.1 Å². The summed E-state index contributed by atoms with van der Waals surface area (Å²) in [4.78, 5) is 34.6. The fourth-order valence-electron chi connectivity index (χ4n) is 7.04. The third-order valence-corrected chi connectivity index (χ3v) is 9.74. The molecule has 1 amide bonds. The Bertz CT molecular complexity index is 1650. The van der Waals surface area contributed by atoms with Gasteiger partial charge in [0.2, 0.25) is 5.91 Å². The summed E-state index contributed by atoms with van der Waals surface area (Å²) in [6.07, 6.45) is 12.6. The number of aromatic amines is 2. The Hall–Kier alpha value is -4.27. The van der Waals surface area contributed by atoms with Crippen LogP contribution in [0.5, 0.6) is 0 Å². The van der Waals surface area contributed by atoms with Crippen molar-refractivity contribution in [2.75, 3.05) is 20.1 Å². The fourth-order valence-corrected chi connectivity index (χ4v) is 7.04. The minimum absolute atomic E-state index is 0.0374. The summed E-state index contributed by atoms with van der Waals surface area (Å²) in [5.41, 5.74) is 6.61. The fraction of sp³-hybridized carbons (Fsp3) is 0.417. The molecule has 2 aromatic carbocycles. The number of imidazole rings is 2. The molecule has 7 rings (SSSR count). The monoisotopic (exact) mass is 600 g/mol. The number of carbonyl (C=O) groups excluding carboxylic acids is 1. The molecular formula is C36H43BN7O. The van der Waals surface area contributed by atoms with Gasteiger partial charge < -0.3 is 25.1 Å². The van der Waals surface area contributed by atoms with Crippen LogP contribution in [0.15, 0.2) is 72.8 Å². The topological polar surface area (TPSA) is 92.9 Å². The molecule has 1 radical (unpaired) electrons. The number of aromatic nitrogens is 4. The van der Waals surface area contributed by atoms with Crippen LogP contribution in [0, 0.1) is 5.92 Å². The highest BCUT2D eigenvalue weighted by atomic mass is 16.2. The molecule has 0 unspecified atom stereocenters. The lowest BCUT2D eigenvalue weighted by Gasteiger charge is -2.32. The van der Waals surface area contributed by atoms with Crippen LogP contribution in [0.25, 0.3) is 33.6 Å². The Morgan fingerprint density at radius 1 is 0.867 bits per heavy atom. The van der Waals surface area contributed by atoms with E-state index in [4.69, 9.17) is 4.98 Å². The number of H-pyrrole nitrogens is 2. The summed E-state index contributed by atoms with van der Waals surface area (Å²) in [6.45, 7) is 5.98. The van der Waals surface area contributed by atoms with Crippen LogP contribution in [0.3, 0.4) is 0 Å². The zero-order chi connectivity index (χ0) is 30.9. The number of rotatable bonds is 9. The molecule has 0 saturated carbocycles. The molecule has 0 aliphatic carbocycles. The molecular weight excluding hydrogens is 557 g/mol. The summed E-state index contributed by atoms with van der Waals surface area (Å²) in [7, 11) is 4.45. The minimum atomic E-state index is -0.263. The lowest BCUT2D eigenvalue weighted by Crippen LogP contribution is -2.50. The summed E-state index contributed by atoms with van der Waals surface area (Å²) >= 11 is 0. The Morgan fingerprint density at radius 3 is 2.07 bits per heavy atom. The zero-order valence-corrected chi connectivity index (χ0v) is 26.6. The number of benzene rings is 2. The van der Waals surface area contributed by atoms with Crippen LogP contribution in [0.1, 0.15) is 69.5 Å². The standard InChI is InChI=1S/C36H43BN7O/c1-23(2)33(42-32-9-6-19-43(32)3)36(45)44-20-5-8-31(44)35-39-22-30(41-35)27-16-12-25(13-17-27)24-10-14-26(15-11-24)29-21-38-34(40-29)28-7-4-18-37-28/h9-17,21-23,28,31,33,42H,4-8,18-20H2,1-3H3,(H,38,40)(H,39,41)/t28-,31-,33+/m0/s1. The first kappa shape index (κ1) is 29.4. The molecule has 9 heteroatoms. The van der Waals surface area contributed by atoms with E-state index in [-0.39, 0.29) is 23.9 Å². The number of carbonyl (C=O) groups is 1. The lowest BCUT2D eigenvalue weighted by atomic mass is 9.67. The van der Waals surface area contributed by atoms with Crippen molar-refractivity contribution < 1.29 is 4.79 Å². The van der Waals surface area contributed by atoms with E-state index in [1.54, 1.807) is 0 Å². The van der Waals surface area contributed by atoms with Crippen LogP contribution in [0.4, 0.5) is 0 Å². The van der Waals surface area contributed by atoms with Crippen LogP contribution in [0.2, 0.25) is 6.32 Å². The van der Waals surface area contributed by atoms with Crippen molar-refractivity contribution in [3.63, 3.8) is 0 Å². The summed E-state index contributed by atoms with van der Waals surface area (Å²) in [5.74, 6) is 3.80. The van der Waals surface area contributed by atoms with E-state index >= 15 is 0 Å². The minimum Gasteiger partial charge on any atom is -0.361 e. The first-order chi connectivity index (χ1) is 21.9. The molecule has 3 aliphatic rings. The van der Waals surface area contributed by atoms with Crippen molar-refractivity contribution >= 4 is 13.2 Å². The van der Waals surface area contributed by atoms with Gasteiger partial charge in [0.1, 0.15) is 25.0 Å². The predicted molar refractivity (Wildman–Crippen MR) is 180 cm³/mol. The van der Waals surface area contributed by atoms with E-state index in [0.29, 0.717) is 5.82 Å². The Balaban J connectivity index is 1.02. The molecule has 0 spiro atoms. The number of hydrogen-bond acceptors (Lipinski definition) is 5. The summed E-state index contributed by atoms with van der Waals surface area (Å²) < 4.78 is 0. The molecule has 2 fully saturated rings. The number of likely N-dealkylation sites (tertiary alicyclic amines) is 1. The van der Waals surface area contributed by atoms with Crippen LogP contribution in [-0.2, 0) is 4.79 Å². The predicted octanol–water partition coefficient (Wildman–Crippen LogP) is 6.55. The van der Waals surface area contributed by atoms with E-state index < -0.39 is 0 Å². The van der Waals surface area contributed by atoms with E-state index in [9.17, 15) is 4.79 Å². The third kappa shape index (κ3) is 6.05. The second-order valence-electron chi connectivity index (χ2n) is 13.1. The second-order valence-corrected chi connectivity index (χ2v) is 13.1. The van der Waals surface area contributed by atoms with E-state index in [2.05, 4.69) is 108 Å². The molecule has 4 aromatic rings. The SMILES string of the molecule is CC(C)[C@@H](NC1=CCCN1C)C(=O)N1CCC[C@H]1c1ncc(-c2ccc(-c3ccc(-c4cnc([C@H]5[B]CCC5)[nH]4)cc3)cc2)[nH]1. The average molecular weight is 601 g/mol. The van der Waals surface area contributed by atoms with E-state index in [1.807, 2.05) is 17.3 Å². The molecule has 0 bridgehead atoms. The maximum absolute atomic E-state index is 13.8. The molecule has 5 heterocycles. The van der Waals surface area contributed by atoms with Gasteiger partial charge in [-0.2, -0.15) is 0 Å². The normalized spacial score (nSPS) is 20.5. The zero-order valence-electron chi connectivity index (χ0n) is 26.6. The van der Waals surface area contributed by atoms with E-state index in [0.717, 1.165) is 72.3 Å². The van der Waals surface area contributed by atoms with Crippen LogP contribution < -0.4 is 5.32 Å². The quantitative estimate of drug-likeness (QED) is 0.190. The average Bonchev–Trinajstić information content (AvgIpc) is 3.90. The Kier molecular flexibility index (Phi) is 8.26. The van der Waals surface area contributed by atoms with Crippen LogP contribution >= 0.6 is 0 Å². The largest absolute Gasteiger partial charge is 0.361 e. The van der Waals surface area contributed by atoms with Gasteiger partial charge in [-0.25, -0.2) is 9.97 Å². The first-order valence-electron chi connectivity index (χ1n) is 16.6. The maximum Gasteiger partial charge on any atom is 0.245 e. The van der Waals surface area contributed by atoms with Crippen molar-refractivity contribution in [2.24, 2.45) is 5.92 Å². The van der Waals surface area contributed by atoms with Crippen LogP contribution in [-0.4, -0.2) is 69.1 Å². The van der Waals surface area contributed by atoms with Crippen molar-refractivity contribution in [3.05, 3.63) is 84.5 Å². The molecule has 45 heavy (non-hydrogen) atoms. The summed E-state index contributed by atoms with van der Waals surface area (Å²) in [5, 5.41) is 3.55. The molecule has 8 nitrogen and oxygen atoms in total. The third-order valence-electron chi connectivity index (χ3n) is 9.74. The first-order valence-corrected chi connectivity index (χ1v) is 16.6. The highest BCUT2D eigenvalue weighted by Gasteiger charge is 2.37. The number of amides is 1. The van der Waals surface area contributed by atoms with Crippen molar-refractivity contribution in [1.29, 1.82) is 0 Å². The number of nitrogens with zero attached hydrogens (tertiary/aromatic N) is 4. The van der Waals surface area contributed by atoms with Gasteiger partial charge >= 0.3 is 0 Å². The highest BCUT2D eigenvalue weighted by molar-refractivity contribution is 6.38. The molecule has 2 aromatic heterocycles. The van der Waals surface area contributed by atoms with Gasteiger partial charge in [0.25, 0.3) is 0 Å². The van der Waals surface area contributed by atoms with Gasteiger partial charge in [-0.05, 0) is 59.3 Å².